The Kier molecular flexibility index (Phi) is 4.38. The monoisotopic (exact) mass is 308 g/mol. The molecule has 5 nitrogen and oxygen atoms in total. The molecule has 23 heavy (non-hydrogen) atoms. The highest BCUT2D eigenvalue weighted by Crippen LogP contribution is 2.16. The largest absolute Gasteiger partial charge is 0.489 e. The van der Waals surface area contributed by atoms with Gasteiger partial charge in [-0.3, -0.25) is 4.79 Å². The Labute approximate surface area is 133 Å². The Hall–Kier alpha value is -3.08. The molecule has 1 heterocycles. The minimum absolute atomic E-state index is 0.243. The maximum Gasteiger partial charge on any atom is 0.256 e. The van der Waals surface area contributed by atoms with E-state index in [9.17, 15) is 4.79 Å². The van der Waals surface area contributed by atoms with Crippen LogP contribution in [0.1, 0.15) is 21.7 Å². The Balaban J connectivity index is 1.59. The molecule has 116 valence electrons. The van der Waals surface area contributed by atoms with Crippen molar-refractivity contribution in [3.05, 3.63) is 77.6 Å². The number of carbonyl (C=O) groups excluding carboxylic acids is 1. The number of nitrogens with one attached hydrogen (secondary N) is 1. The van der Waals surface area contributed by atoms with Crippen molar-refractivity contribution in [1.29, 1.82) is 0 Å². The number of hydrogen-bond acceptors (Lipinski definition) is 4. The van der Waals surface area contributed by atoms with E-state index in [4.69, 9.17) is 9.26 Å². The second-order valence-corrected chi connectivity index (χ2v) is 5.08. The standard InChI is InChI=1S/C18H16N2O3/c1-13-11-17(20-23-13)19-18(21)15-7-9-16(10-8-15)22-12-14-5-3-2-4-6-14/h2-11H,12H2,1H3,(H,19,20,21). The second-order valence-electron chi connectivity index (χ2n) is 5.08. The van der Waals surface area contributed by atoms with Crippen molar-refractivity contribution in [1.82, 2.24) is 5.16 Å². The minimum Gasteiger partial charge on any atom is -0.489 e. The zero-order valence-electron chi connectivity index (χ0n) is 12.7. The topological polar surface area (TPSA) is 64.4 Å². The van der Waals surface area contributed by atoms with E-state index >= 15 is 0 Å². The van der Waals surface area contributed by atoms with Gasteiger partial charge < -0.3 is 14.6 Å². The summed E-state index contributed by atoms with van der Waals surface area (Å²) >= 11 is 0. The quantitative estimate of drug-likeness (QED) is 0.778. The van der Waals surface area contributed by atoms with Gasteiger partial charge in [-0.05, 0) is 36.8 Å². The van der Waals surface area contributed by atoms with Crippen LogP contribution in [0, 0.1) is 6.92 Å². The third-order valence-corrected chi connectivity index (χ3v) is 3.23. The maximum atomic E-state index is 12.1. The van der Waals surface area contributed by atoms with Crippen molar-refractivity contribution < 1.29 is 14.1 Å². The summed E-state index contributed by atoms with van der Waals surface area (Å²) in [5.41, 5.74) is 1.62. The third-order valence-electron chi connectivity index (χ3n) is 3.23. The summed E-state index contributed by atoms with van der Waals surface area (Å²) < 4.78 is 10.6. The molecule has 1 aromatic heterocycles. The van der Waals surface area contributed by atoms with E-state index in [-0.39, 0.29) is 5.91 Å². The average molecular weight is 308 g/mol. The molecule has 0 radical (unpaired) electrons. The van der Waals surface area contributed by atoms with Gasteiger partial charge in [0, 0.05) is 11.6 Å². The summed E-state index contributed by atoms with van der Waals surface area (Å²) in [6, 6.07) is 18.5. The first kappa shape index (κ1) is 14.8. The normalized spacial score (nSPS) is 10.3. The van der Waals surface area contributed by atoms with E-state index in [1.165, 1.54) is 0 Å². The van der Waals surface area contributed by atoms with Crippen LogP contribution >= 0.6 is 0 Å². The maximum absolute atomic E-state index is 12.1. The summed E-state index contributed by atoms with van der Waals surface area (Å²) in [4.78, 5) is 12.1. The fraction of sp³-hybridized carbons (Fsp3) is 0.111. The van der Waals surface area contributed by atoms with Crippen LogP contribution in [0.4, 0.5) is 5.82 Å². The third kappa shape index (κ3) is 3.97. The summed E-state index contributed by atoms with van der Waals surface area (Å²) in [7, 11) is 0. The van der Waals surface area contributed by atoms with Gasteiger partial charge in [0.1, 0.15) is 18.1 Å². The van der Waals surface area contributed by atoms with Crippen LogP contribution in [0.2, 0.25) is 0 Å². The molecule has 0 bridgehead atoms. The second kappa shape index (κ2) is 6.79. The molecule has 0 aliphatic rings. The fourth-order valence-corrected chi connectivity index (χ4v) is 2.06. The summed E-state index contributed by atoms with van der Waals surface area (Å²) in [5.74, 6) is 1.51. The highest BCUT2D eigenvalue weighted by molar-refractivity contribution is 6.03. The molecule has 5 heteroatoms. The first-order chi connectivity index (χ1) is 11.2. The van der Waals surface area contributed by atoms with Crippen LogP contribution in [0.15, 0.2) is 65.2 Å². The molecule has 0 saturated heterocycles. The van der Waals surface area contributed by atoms with Gasteiger partial charge in [-0.2, -0.15) is 0 Å². The minimum atomic E-state index is -0.243. The van der Waals surface area contributed by atoms with Crippen molar-refractivity contribution in [3.8, 4) is 5.75 Å². The molecular weight excluding hydrogens is 292 g/mol. The molecular formula is C18H16N2O3. The highest BCUT2D eigenvalue weighted by Gasteiger charge is 2.09. The lowest BCUT2D eigenvalue weighted by Crippen LogP contribution is -2.11. The van der Waals surface area contributed by atoms with E-state index in [1.54, 1.807) is 37.3 Å². The number of carbonyl (C=O) groups is 1. The number of rotatable bonds is 5. The molecule has 0 saturated carbocycles. The predicted molar refractivity (Wildman–Crippen MR) is 86.4 cm³/mol. The molecule has 1 amide bonds. The molecule has 0 spiro atoms. The number of amides is 1. The van der Waals surface area contributed by atoms with E-state index in [0.29, 0.717) is 29.5 Å². The number of benzene rings is 2. The zero-order valence-corrected chi connectivity index (χ0v) is 12.7. The smallest absolute Gasteiger partial charge is 0.256 e. The molecule has 2 aromatic carbocycles. The molecule has 0 aliphatic carbocycles. The van der Waals surface area contributed by atoms with Crippen LogP contribution in [0.5, 0.6) is 5.75 Å². The van der Waals surface area contributed by atoms with E-state index in [1.807, 2.05) is 30.3 Å². The van der Waals surface area contributed by atoms with Crippen molar-refractivity contribution in [2.45, 2.75) is 13.5 Å². The van der Waals surface area contributed by atoms with Crippen molar-refractivity contribution in [2.24, 2.45) is 0 Å². The molecule has 0 aliphatic heterocycles. The fourth-order valence-electron chi connectivity index (χ4n) is 2.06. The number of ether oxygens (including phenoxy) is 1. The summed E-state index contributed by atoms with van der Waals surface area (Å²) in [6.45, 7) is 2.26. The Bertz CT molecular complexity index is 780. The SMILES string of the molecule is Cc1cc(NC(=O)c2ccc(OCc3ccccc3)cc2)no1. The van der Waals surface area contributed by atoms with Crippen LogP contribution in [0.25, 0.3) is 0 Å². The molecule has 0 unspecified atom stereocenters. The van der Waals surface area contributed by atoms with Gasteiger partial charge in [-0.1, -0.05) is 35.5 Å². The predicted octanol–water partition coefficient (Wildman–Crippen LogP) is 3.81. The number of anilines is 1. The lowest BCUT2D eigenvalue weighted by molar-refractivity contribution is 0.102. The average Bonchev–Trinajstić information content (AvgIpc) is 2.99. The lowest BCUT2D eigenvalue weighted by atomic mass is 10.2. The van der Waals surface area contributed by atoms with Gasteiger partial charge in [0.2, 0.25) is 0 Å². The zero-order chi connectivity index (χ0) is 16.1. The van der Waals surface area contributed by atoms with Crippen molar-refractivity contribution in [2.75, 3.05) is 5.32 Å². The first-order valence-corrected chi connectivity index (χ1v) is 7.22. The van der Waals surface area contributed by atoms with Gasteiger partial charge in [-0.15, -0.1) is 0 Å². The van der Waals surface area contributed by atoms with Gasteiger partial charge in [0.05, 0.1) is 0 Å². The van der Waals surface area contributed by atoms with E-state index in [0.717, 1.165) is 5.56 Å². The molecule has 0 fully saturated rings. The molecule has 3 rings (SSSR count). The Morgan fingerprint density at radius 2 is 1.87 bits per heavy atom. The van der Waals surface area contributed by atoms with Gasteiger partial charge in [0.15, 0.2) is 5.82 Å². The van der Waals surface area contributed by atoms with Crippen LogP contribution in [0.3, 0.4) is 0 Å². The number of aryl methyl sites for hydroxylation is 1. The Morgan fingerprint density at radius 3 is 2.52 bits per heavy atom. The summed E-state index contributed by atoms with van der Waals surface area (Å²) in [5, 5.41) is 6.40. The van der Waals surface area contributed by atoms with Gasteiger partial charge in [-0.25, -0.2) is 0 Å². The van der Waals surface area contributed by atoms with Gasteiger partial charge in [0.25, 0.3) is 5.91 Å². The van der Waals surface area contributed by atoms with Gasteiger partial charge >= 0.3 is 0 Å². The number of aromatic nitrogens is 1. The van der Waals surface area contributed by atoms with Crippen LogP contribution in [-0.4, -0.2) is 11.1 Å². The van der Waals surface area contributed by atoms with E-state index in [2.05, 4.69) is 10.5 Å². The van der Waals surface area contributed by atoms with Crippen LogP contribution < -0.4 is 10.1 Å². The van der Waals surface area contributed by atoms with Crippen LogP contribution in [-0.2, 0) is 6.61 Å². The Morgan fingerprint density at radius 1 is 1.13 bits per heavy atom. The summed E-state index contributed by atoms with van der Waals surface area (Å²) in [6.07, 6.45) is 0. The first-order valence-electron chi connectivity index (χ1n) is 7.22. The lowest BCUT2D eigenvalue weighted by Gasteiger charge is -2.07. The number of hydrogen-bond donors (Lipinski definition) is 1. The molecule has 3 aromatic rings. The molecule has 1 N–H and O–H groups in total. The van der Waals surface area contributed by atoms with Crippen molar-refractivity contribution >= 4 is 11.7 Å². The molecule has 0 atom stereocenters. The van der Waals surface area contributed by atoms with Crippen molar-refractivity contribution in [3.63, 3.8) is 0 Å². The van der Waals surface area contributed by atoms with E-state index < -0.39 is 0 Å². The number of nitrogens with zero attached hydrogens (tertiary/aromatic N) is 1. The highest BCUT2D eigenvalue weighted by atomic mass is 16.5.